The lowest BCUT2D eigenvalue weighted by Gasteiger charge is -2.25. The molecule has 482 valence electrons. The number of allylic oxidation sites excluding steroid dienone is 15. The molecule has 1 amide bonds. The number of phosphoric acid groups is 1. The van der Waals surface area contributed by atoms with Crippen molar-refractivity contribution in [3.05, 3.63) is 97.2 Å². The van der Waals surface area contributed by atoms with E-state index in [0.29, 0.717) is 17.4 Å². The van der Waals surface area contributed by atoms with Crippen LogP contribution >= 0.6 is 7.82 Å². The smallest absolute Gasteiger partial charge is 0.387 e. The van der Waals surface area contributed by atoms with Crippen LogP contribution in [0.5, 0.6) is 0 Å². The second-order valence-electron chi connectivity index (χ2n) is 24.9. The number of aliphatic hydroxyl groups is 1. The summed E-state index contributed by atoms with van der Waals surface area (Å²) in [7, 11) is 1.56. The number of carbonyl (C=O) groups excluding carboxylic acids is 1. The summed E-state index contributed by atoms with van der Waals surface area (Å²) in [5.41, 5.74) is 0. The number of phosphoric ester groups is 1. The van der Waals surface area contributed by atoms with Crippen molar-refractivity contribution in [2.75, 3.05) is 40.9 Å². The number of hydrogen-bond donors (Lipinski definition) is 3. The maximum Gasteiger partial charge on any atom is 0.472 e. The number of rotatable bonds is 64. The van der Waals surface area contributed by atoms with Crippen molar-refractivity contribution in [2.24, 2.45) is 0 Å². The van der Waals surface area contributed by atoms with Crippen LogP contribution in [0.15, 0.2) is 97.2 Å². The standard InChI is InChI=1S/C74H135N2O6P/c1-6-8-10-12-14-16-18-20-22-24-26-28-30-32-33-34-35-36-37-38-39-40-41-42-43-44-46-48-50-52-54-56-58-60-62-64-66-68-74(78)75-72(71-82-83(79,80)81-70-69-76(3,4)5)73(77)67-65-63-61-59-57-55-53-51-49-47-45-31-29-27-25-23-21-19-17-15-13-11-9-7-2/h8,10,14,16,20,22,26,28,32-33,35-36,57,59,65,67,72-73,77H,6-7,9,11-13,15,17-19,21,23-25,27,29-31,34,37-56,58,60-64,66,68-71H2,1-5H3,(H-,75,78,79,80)/p+1/b10-8-,16-14-,22-20-,28-26-,33-32-,36-35-,59-57+,67-65+. The van der Waals surface area contributed by atoms with Gasteiger partial charge in [-0.2, -0.15) is 0 Å². The fourth-order valence-corrected chi connectivity index (χ4v) is 10.9. The van der Waals surface area contributed by atoms with Gasteiger partial charge in [0.25, 0.3) is 0 Å². The van der Waals surface area contributed by atoms with Crippen LogP contribution in [0.3, 0.4) is 0 Å². The van der Waals surface area contributed by atoms with Gasteiger partial charge in [-0.05, 0) is 83.5 Å². The van der Waals surface area contributed by atoms with Gasteiger partial charge >= 0.3 is 7.82 Å². The average molecular weight is 1180 g/mol. The van der Waals surface area contributed by atoms with Crippen LogP contribution < -0.4 is 5.32 Å². The summed E-state index contributed by atoms with van der Waals surface area (Å²) in [5, 5.41) is 14.0. The molecule has 0 aromatic heterocycles. The highest BCUT2D eigenvalue weighted by Crippen LogP contribution is 2.43. The number of likely N-dealkylation sites (N-methyl/N-ethyl adjacent to an activating group) is 1. The summed E-state index contributed by atoms with van der Waals surface area (Å²) in [6.07, 6.45) is 92.7. The summed E-state index contributed by atoms with van der Waals surface area (Å²) < 4.78 is 23.8. The highest BCUT2D eigenvalue weighted by atomic mass is 31.2. The predicted octanol–water partition coefficient (Wildman–Crippen LogP) is 22.5. The first-order valence-electron chi connectivity index (χ1n) is 35.1. The number of nitrogens with one attached hydrogen (secondary N) is 1. The largest absolute Gasteiger partial charge is 0.472 e. The van der Waals surface area contributed by atoms with Crippen LogP contribution in [0.4, 0.5) is 0 Å². The molecule has 0 aliphatic rings. The van der Waals surface area contributed by atoms with Gasteiger partial charge < -0.3 is 19.8 Å². The highest BCUT2D eigenvalue weighted by Gasteiger charge is 2.28. The summed E-state index contributed by atoms with van der Waals surface area (Å²) in [4.78, 5) is 23.4. The molecule has 8 nitrogen and oxygen atoms in total. The monoisotopic (exact) mass is 1180 g/mol. The molecular formula is C74H136N2O6P+. The molecule has 3 unspecified atom stereocenters. The lowest BCUT2D eigenvalue weighted by atomic mass is 10.0. The number of aliphatic hydroxyl groups excluding tert-OH is 1. The summed E-state index contributed by atoms with van der Waals surface area (Å²) in [6.45, 7) is 4.71. The van der Waals surface area contributed by atoms with Crippen LogP contribution in [0.2, 0.25) is 0 Å². The highest BCUT2D eigenvalue weighted by molar-refractivity contribution is 7.47. The molecule has 0 aliphatic carbocycles. The molecule has 0 spiro atoms. The molecule has 0 saturated carbocycles. The molecule has 3 N–H and O–H groups in total. The minimum atomic E-state index is -4.36. The van der Waals surface area contributed by atoms with Crippen LogP contribution in [0.25, 0.3) is 0 Å². The van der Waals surface area contributed by atoms with Gasteiger partial charge in [0, 0.05) is 6.42 Å². The topological polar surface area (TPSA) is 105 Å². The van der Waals surface area contributed by atoms with Crippen molar-refractivity contribution >= 4 is 13.7 Å². The van der Waals surface area contributed by atoms with E-state index in [1.165, 1.54) is 218 Å². The number of carbonyl (C=O) groups is 1. The minimum absolute atomic E-state index is 0.0545. The maximum atomic E-state index is 13.0. The molecule has 0 aromatic rings. The zero-order chi connectivity index (χ0) is 60.5. The van der Waals surface area contributed by atoms with Crippen LogP contribution in [0.1, 0.15) is 316 Å². The lowest BCUT2D eigenvalue weighted by molar-refractivity contribution is -0.870. The fourth-order valence-electron chi connectivity index (χ4n) is 10.1. The number of quaternary nitrogens is 1. The zero-order valence-electron chi connectivity index (χ0n) is 55.2. The minimum Gasteiger partial charge on any atom is -0.387 e. The molecule has 0 rings (SSSR count). The van der Waals surface area contributed by atoms with Crippen LogP contribution in [-0.2, 0) is 18.4 Å². The third kappa shape index (κ3) is 66.8. The number of unbranched alkanes of at least 4 members (excludes halogenated alkanes) is 37. The average Bonchev–Trinajstić information content (AvgIpc) is 3.50. The summed E-state index contributed by atoms with van der Waals surface area (Å²) in [6, 6.07) is -0.868. The maximum absolute atomic E-state index is 13.0. The normalized spacial score (nSPS) is 14.3. The van der Waals surface area contributed by atoms with E-state index in [9.17, 15) is 19.4 Å². The molecule has 9 heteroatoms. The van der Waals surface area contributed by atoms with E-state index in [1.807, 2.05) is 27.2 Å². The molecule has 0 fully saturated rings. The van der Waals surface area contributed by atoms with Gasteiger partial charge in [0.15, 0.2) is 0 Å². The van der Waals surface area contributed by atoms with Gasteiger partial charge in [0.05, 0.1) is 39.9 Å². The number of hydrogen-bond acceptors (Lipinski definition) is 5. The number of amides is 1. The third-order valence-corrected chi connectivity index (χ3v) is 16.5. The van der Waals surface area contributed by atoms with Gasteiger partial charge in [-0.15, -0.1) is 0 Å². The first kappa shape index (κ1) is 80.4. The third-order valence-electron chi connectivity index (χ3n) is 15.5. The summed E-state index contributed by atoms with van der Waals surface area (Å²) >= 11 is 0. The Morgan fingerprint density at radius 2 is 0.735 bits per heavy atom. The Hall–Kier alpha value is -2.58. The molecule has 0 bridgehead atoms. The second-order valence-corrected chi connectivity index (χ2v) is 26.3. The van der Waals surface area contributed by atoms with Gasteiger partial charge in [0.1, 0.15) is 13.2 Å². The van der Waals surface area contributed by atoms with E-state index in [4.69, 9.17) is 9.05 Å². The first-order valence-corrected chi connectivity index (χ1v) is 36.6. The Morgan fingerprint density at radius 1 is 0.422 bits per heavy atom. The molecule has 3 atom stereocenters. The molecular weight excluding hydrogens is 1040 g/mol. The van der Waals surface area contributed by atoms with Crippen molar-refractivity contribution in [3.8, 4) is 0 Å². The SMILES string of the molecule is CC/C=C\C/C=C\C/C=C\C/C=C\C/C=C\C/C=C\CCCCCCCCCCCCCCCCCCCCC(=O)NC(COP(=O)(O)OCC[N+](C)(C)C)C(O)/C=C/CC/C=C/CCCCCCCCCCCCCCCCCCCC. The van der Waals surface area contributed by atoms with Crippen molar-refractivity contribution in [2.45, 2.75) is 328 Å². The lowest BCUT2D eigenvalue weighted by Crippen LogP contribution is -2.45. The predicted molar refractivity (Wildman–Crippen MR) is 364 cm³/mol. The molecule has 0 radical (unpaired) electrons. The molecule has 0 saturated heterocycles. The van der Waals surface area contributed by atoms with E-state index >= 15 is 0 Å². The van der Waals surface area contributed by atoms with Gasteiger partial charge in [0.2, 0.25) is 5.91 Å². The molecule has 83 heavy (non-hydrogen) atoms. The van der Waals surface area contributed by atoms with E-state index in [-0.39, 0.29) is 19.1 Å². The Morgan fingerprint density at radius 3 is 1.11 bits per heavy atom. The quantitative estimate of drug-likeness (QED) is 0.0243. The van der Waals surface area contributed by atoms with Crippen molar-refractivity contribution in [1.29, 1.82) is 0 Å². The number of nitrogens with zero attached hydrogens (tertiary/aromatic N) is 1. The Bertz CT molecular complexity index is 1670. The van der Waals surface area contributed by atoms with E-state index in [1.54, 1.807) is 6.08 Å². The first-order chi connectivity index (χ1) is 40.5. The van der Waals surface area contributed by atoms with Gasteiger partial charge in [-0.1, -0.05) is 323 Å². The Balaban J connectivity index is 4.07. The van der Waals surface area contributed by atoms with Crippen molar-refractivity contribution in [1.82, 2.24) is 5.32 Å². The zero-order valence-corrected chi connectivity index (χ0v) is 56.1. The Kier molecular flexibility index (Phi) is 61.9. The van der Waals surface area contributed by atoms with E-state index < -0.39 is 20.0 Å². The van der Waals surface area contributed by atoms with Crippen molar-refractivity contribution < 1.29 is 32.9 Å². The van der Waals surface area contributed by atoms with Gasteiger partial charge in [-0.3, -0.25) is 13.8 Å². The van der Waals surface area contributed by atoms with Crippen LogP contribution in [-0.4, -0.2) is 73.4 Å². The fraction of sp³-hybridized carbons (Fsp3) is 0.770. The molecule has 0 aromatic carbocycles. The van der Waals surface area contributed by atoms with Crippen LogP contribution in [0, 0.1) is 0 Å². The van der Waals surface area contributed by atoms with Gasteiger partial charge in [-0.25, -0.2) is 4.57 Å². The molecule has 0 heterocycles. The van der Waals surface area contributed by atoms with E-state index in [2.05, 4.69) is 104 Å². The van der Waals surface area contributed by atoms with Crippen molar-refractivity contribution in [3.63, 3.8) is 0 Å². The van der Waals surface area contributed by atoms with E-state index in [0.717, 1.165) is 77.0 Å². The second kappa shape index (κ2) is 63.9. The summed E-state index contributed by atoms with van der Waals surface area (Å²) in [5.74, 6) is -0.185. The Labute approximate surface area is 515 Å². The molecule has 0 aliphatic heterocycles.